The van der Waals surface area contributed by atoms with Crippen molar-refractivity contribution in [3.63, 3.8) is 0 Å². The number of nitrogens with one attached hydrogen (secondary N) is 1. The Morgan fingerprint density at radius 2 is 1.85 bits per heavy atom. The van der Waals surface area contributed by atoms with Gasteiger partial charge < -0.3 is 4.90 Å². The molecule has 1 fully saturated rings. The fourth-order valence-electron chi connectivity index (χ4n) is 4.18. The third kappa shape index (κ3) is 3.06. The van der Waals surface area contributed by atoms with Crippen molar-refractivity contribution in [2.24, 2.45) is 5.92 Å². The number of rotatable bonds is 3. The summed E-state index contributed by atoms with van der Waals surface area (Å²) in [7, 11) is -3.58. The zero-order valence-corrected chi connectivity index (χ0v) is 16.4. The molecular weight excluding hydrogens is 364 g/mol. The van der Waals surface area contributed by atoms with Gasteiger partial charge in [0.15, 0.2) is 0 Å². The highest BCUT2D eigenvalue weighted by molar-refractivity contribution is 7.89. The van der Waals surface area contributed by atoms with Gasteiger partial charge in [0.1, 0.15) is 4.90 Å². The largest absolute Gasteiger partial charge is 0.312 e. The van der Waals surface area contributed by atoms with E-state index in [9.17, 15) is 13.2 Å². The number of H-pyrrole nitrogens is 1. The van der Waals surface area contributed by atoms with Gasteiger partial charge in [0.25, 0.3) is 0 Å². The molecule has 0 bridgehead atoms. The average molecular weight is 388 g/mol. The Labute approximate surface area is 159 Å². The number of aromatic nitrogens is 2. The lowest BCUT2D eigenvalue weighted by atomic mass is 9.96. The second kappa shape index (κ2) is 6.76. The van der Waals surface area contributed by atoms with E-state index in [1.165, 1.54) is 9.87 Å². The summed E-state index contributed by atoms with van der Waals surface area (Å²) in [6, 6.07) is 8.00. The Kier molecular flexibility index (Phi) is 4.55. The van der Waals surface area contributed by atoms with Gasteiger partial charge in [0.2, 0.25) is 15.9 Å². The number of sulfonamides is 1. The Balaban J connectivity index is 1.46. The van der Waals surface area contributed by atoms with Crippen LogP contribution in [0.3, 0.4) is 0 Å². The van der Waals surface area contributed by atoms with Crippen LogP contribution in [-0.4, -0.2) is 48.5 Å². The van der Waals surface area contributed by atoms with Gasteiger partial charge in [-0.1, -0.05) is 18.2 Å². The second-order valence-corrected chi connectivity index (χ2v) is 9.18. The normalized spacial score (nSPS) is 18.7. The van der Waals surface area contributed by atoms with Crippen molar-refractivity contribution in [2.75, 3.05) is 24.5 Å². The maximum Gasteiger partial charge on any atom is 0.246 e. The number of benzene rings is 1. The van der Waals surface area contributed by atoms with Gasteiger partial charge in [-0.15, -0.1) is 0 Å². The molecule has 2 aromatic rings. The summed E-state index contributed by atoms with van der Waals surface area (Å²) in [5.74, 6) is -0.0122. The average Bonchev–Trinajstić information content (AvgIpc) is 3.24. The lowest BCUT2D eigenvalue weighted by Gasteiger charge is -2.32. The second-order valence-electron chi connectivity index (χ2n) is 7.31. The van der Waals surface area contributed by atoms with Crippen LogP contribution in [0.25, 0.3) is 0 Å². The predicted molar refractivity (Wildman–Crippen MR) is 102 cm³/mol. The summed E-state index contributed by atoms with van der Waals surface area (Å²) in [5, 5.41) is 6.74. The van der Waals surface area contributed by atoms with Crippen molar-refractivity contribution < 1.29 is 13.2 Å². The third-order valence-corrected chi connectivity index (χ3v) is 7.78. The first-order chi connectivity index (χ1) is 12.9. The molecule has 0 radical (unpaired) electrons. The summed E-state index contributed by atoms with van der Waals surface area (Å²) >= 11 is 0. The lowest BCUT2D eigenvalue weighted by Crippen LogP contribution is -2.44. The first-order valence-corrected chi connectivity index (χ1v) is 10.7. The SMILES string of the molecule is Cc1n[nH]c(C)c1S(=O)(=O)N1CCC(C(=O)N2CCc3ccccc32)CC1. The highest BCUT2D eigenvalue weighted by atomic mass is 32.2. The lowest BCUT2D eigenvalue weighted by molar-refractivity contribution is -0.123. The van der Waals surface area contributed by atoms with E-state index < -0.39 is 10.0 Å². The molecule has 1 aromatic carbocycles. The molecular formula is C19H24N4O3S. The maximum absolute atomic E-state index is 13.0. The van der Waals surface area contributed by atoms with Crippen LogP contribution in [-0.2, 0) is 21.2 Å². The van der Waals surface area contributed by atoms with Crippen LogP contribution >= 0.6 is 0 Å². The molecule has 0 aliphatic carbocycles. The minimum absolute atomic E-state index is 0.118. The zero-order valence-electron chi connectivity index (χ0n) is 15.6. The van der Waals surface area contributed by atoms with Crippen LogP contribution in [0.2, 0.25) is 0 Å². The van der Waals surface area contributed by atoms with Gasteiger partial charge in [-0.3, -0.25) is 9.89 Å². The third-order valence-electron chi connectivity index (χ3n) is 5.61. The van der Waals surface area contributed by atoms with Gasteiger partial charge >= 0.3 is 0 Å². The quantitative estimate of drug-likeness (QED) is 0.872. The van der Waals surface area contributed by atoms with Gasteiger partial charge in [0, 0.05) is 31.2 Å². The number of carbonyl (C=O) groups excluding carboxylic acids is 1. The summed E-state index contributed by atoms with van der Waals surface area (Å²) in [6.07, 6.45) is 1.98. The predicted octanol–water partition coefficient (Wildman–Crippen LogP) is 2.02. The summed E-state index contributed by atoms with van der Waals surface area (Å²) in [6.45, 7) is 4.84. The first-order valence-electron chi connectivity index (χ1n) is 9.30. The van der Waals surface area contributed by atoms with Gasteiger partial charge in [-0.25, -0.2) is 8.42 Å². The molecule has 1 N–H and O–H groups in total. The van der Waals surface area contributed by atoms with Crippen LogP contribution in [0.15, 0.2) is 29.2 Å². The van der Waals surface area contributed by atoms with Crippen molar-refractivity contribution in [3.05, 3.63) is 41.2 Å². The molecule has 0 atom stereocenters. The number of nitrogens with zero attached hydrogens (tertiary/aromatic N) is 3. The van der Waals surface area contributed by atoms with Gasteiger partial charge in [-0.05, 0) is 44.7 Å². The first kappa shape index (κ1) is 18.2. The smallest absolute Gasteiger partial charge is 0.246 e. The molecule has 4 rings (SSSR count). The minimum Gasteiger partial charge on any atom is -0.312 e. The molecule has 1 aromatic heterocycles. The Bertz CT molecular complexity index is 955. The van der Waals surface area contributed by atoms with E-state index in [0.717, 1.165) is 12.1 Å². The van der Waals surface area contributed by atoms with Crippen LogP contribution in [0.4, 0.5) is 5.69 Å². The molecule has 0 unspecified atom stereocenters. The van der Waals surface area contributed by atoms with E-state index in [1.807, 2.05) is 23.1 Å². The molecule has 2 aliphatic heterocycles. The molecule has 7 nitrogen and oxygen atoms in total. The highest BCUT2D eigenvalue weighted by Gasteiger charge is 2.37. The summed E-state index contributed by atoms with van der Waals surface area (Å²) < 4.78 is 27.4. The number of fused-ring (bicyclic) bond motifs is 1. The molecule has 1 amide bonds. The number of para-hydroxylation sites is 1. The van der Waals surface area contributed by atoms with Crippen molar-refractivity contribution in [3.8, 4) is 0 Å². The Morgan fingerprint density at radius 3 is 2.52 bits per heavy atom. The Morgan fingerprint density at radius 1 is 1.15 bits per heavy atom. The van der Waals surface area contributed by atoms with Crippen molar-refractivity contribution in [1.29, 1.82) is 0 Å². The van der Waals surface area contributed by atoms with Gasteiger partial charge in [0.05, 0.1) is 11.4 Å². The monoisotopic (exact) mass is 388 g/mol. The van der Waals surface area contributed by atoms with Crippen molar-refractivity contribution in [1.82, 2.24) is 14.5 Å². The number of hydrogen-bond donors (Lipinski definition) is 1. The molecule has 3 heterocycles. The van der Waals surface area contributed by atoms with E-state index in [2.05, 4.69) is 16.3 Å². The van der Waals surface area contributed by atoms with Crippen LogP contribution in [0.5, 0.6) is 0 Å². The number of hydrogen-bond acceptors (Lipinski definition) is 4. The number of aromatic amines is 1. The number of anilines is 1. The van der Waals surface area contributed by atoms with Crippen molar-refractivity contribution in [2.45, 2.75) is 38.0 Å². The number of aryl methyl sites for hydroxylation is 2. The number of amides is 1. The fraction of sp³-hybridized carbons (Fsp3) is 0.474. The molecule has 8 heteroatoms. The van der Waals surface area contributed by atoms with E-state index in [4.69, 9.17) is 0 Å². The highest BCUT2D eigenvalue weighted by Crippen LogP contribution is 2.32. The van der Waals surface area contributed by atoms with Crippen LogP contribution < -0.4 is 4.90 Å². The van der Waals surface area contributed by atoms with E-state index in [0.29, 0.717) is 43.9 Å². The fourth-order valence-corrected chi connectivity index (χ4v) is 5.98. The van der Waals surface area contributed by atoms with E-state index in [-0.39, 0.29) is 16.7 Å². The van der Waals surface area contributed by atoms with Gasteiger partial charge in [-0.2, -0.15) is 9.40 Å². The number of carbonyl (C=O) groups is 1. The molecule has 1 saturated heterocycles. The minimum atomic E-state index is -3.58. The Hall–Kier alpha value is -2.19. The summed E-state index contributed by atoms with van der Waals surface area (Å²) in [5.41, 5.74) is 3.25. The van der Waals surface area contributed by atoms with E-state index >= 15 is 0 Å². The molecule has 144 valence electrons. The summed E-state index contributed by atoms with van der Waals surface area (Å²) in [4.78, 5) is 15.1. The molecule has 2 aliphatic rings. The molecule has 27 heavy (non-hydrogen) atoms. The standard InChI is InChI=1S/C19H24N4O3S/c1-13-18(14(2)21-20-13)27(25,26)22-10-7-16(8-11-22)19(24)23-12-9-15-5-3-4-6-17(15)23/h3-6,16H,7-12H2,1-2H3,(H,20,21). The van der Waals surface area contributed by atoms with E-state index in [1.54, 1.807) is 13.8 Å². The molecule has 0 spiro atoms. The number of piperidine rings is 1. The van der Waals surface area contributed by atoms with Crippen molar-refractivity contribution >= 4 is 21.6 Å². The zero-order chi connectivity index (χ0) is 19.2. The molecule has 0 saturated carbocycles. The topological polar surface area (TPSA) is 86.4 Å². The van der Waals surface area contributed by atoms with Crippen LogP contribution in [0.1, 0.15) is 29.8 Å². The maximum atomic E-state index is 13.0. The van der Waals surface area contributed by atoms with Crippen LogP contribution in [0, 0.1) is 19.8 Å².